The predicted octanol–water partition coefficient (Wildman–Crippen LogP) is 6.15. The summed E-state index contributed by atoms with van der Waals surface area (Å²) in [6, 6.07) is 19.9. The summed E-state index contributed by atoms with van der Waals surface area (Å²) >= 11 is 0. The van der Waals surface area contributed by atoms with Gasteiger partial charge >= 0.3 is 6.09 Å². The van der Waals surface area contributed by atoms with Crippen molar-refractivity contribution in [2.24, 2.45) is 5.92 Å². The Morgan fingerprint density at radius 1 is 1.00 bits per heavy atom. The quantitative estimate of drug-likeness (QED) is 0.267. The van der Waals surface area contributed by atoms with E-state index in [1.165, 1.54) is 0 Å². The second kappa shape index (κ2) is 14.0. The Bertz CT molecular complexity index is 1850. The molecule has 0 spiro atoms. The minimum absolute atomic E-state index is 0.00827. The molecule has 3 heterocycles. The van der Waals surface area contributed by atoms with Crippen molar-refractivity contribution in [3.63, 3.8) is 0 Å². The van der Waals surface area contributed by atoms with E-state index in [9.17, 15) is 14.4 Å². The van der Waals surface area contributed by atoms with Crippen LogP contribution in [0.5, 0.6) is 5.75 Å². The number of nitrogens with one attached hydrogen (secondary N) is 1. The van der Waals surface area contributed by atoms with Gasteiger partial charge in [-0.1, -0.05) is 36.4 Å². The van der Waals surface area contributed by atoms with Crippen molar-refractivity contribution in [3.8, 4) is 16.9 Å². The fourth-order valence-electron chi connectivity index (χ4n) is 7.42. The van der Waals surface area contributed by atoms with E-state index >= 15 is 4.79 Å². The predicted molar refractivity (Wildman–Crippen MR) is 194 cm³/mol. The molecule has 3 aromatic carbocycles. The van der Waals surface area contributed by atoms with Gasteiger partial charge in [-0.25, -0.2) is 4.79 Å². The van der Waals surface area contributed by atoms with E-state index in [-0.39, 0.29) is 42.8 Å². The third kappa shape index (κ3) is 7.44. The summed E-state index contributed by atoms with van der Waals surface area (Å²) in [7, 11) is 1.64. The zero-order valence-corrected chi connectivity index (χ0v) is 29.8. The molecule has 4 aliphatic rings. The molecule has 1 saturated heterocycles. The van der Waals surface area contributed by atoms with E-state index in [0.29, 0.717) is 56.1 Å². The molecular weight excluding hydrogens is 648 g/mol. The van der Waals surface area contributed by atoms with Gasteiger partial charge in [0.15, 0.2) is 6.61 Å². The first-order chi connectivity index (χ1) is 24.5. The highest BCUT2D eigenvalue weighted by Gasteiger charge is 2.44. The highest BCUT2D eigenvalue weighted by Crippen LogP contribution is 2.43. The number of hydrogen-bond acceptors (Lipinski definition) is 7. The fraction of sp³-hybridized carbons (Fsp3) is 0.450. The van der Waals surface area contributed by atoms with Crippen LogP contribution in [-0.2, 0) is 30.3 Å². The lowest BCUT2D eigenvalue weighted by Gasteiger charge is -2.41. The molecule has 1 aliphatic carbocycles. The van der Waals surface area contributed by atoms with Gasteiger partial charge in [0.1, 0.15) is 11.4 Å². The molecule has 0 bridgehead atoms. The molecule has 0 unspecified atom stereocenters. The molecule has 0 aromatic heterocycles. The maximum Gasteiger partial charge on any atom is 0.410 e. The molecule has 1 saturated carbocycles. The monoisotopic (exact) mass is 694 g/mol. The molecule has 0 radical (unpaired) electrons. The lowest BCUT2D eigenvalue weighted by Crippen LogP contribution is -2.51. The van der Waals surface area contributed by atoms with E-state index in [1.807, 2.05) is 74.2 Å². The van der Waals surface area contributed by atoms with Crippen LogP contribution in [0.4, 0.5) is 21.9 Å². The van der Waals surface area contributed by atoms with Crippen LogP contribution < -0.4 is 19.9 Å². The zero-order chi connectivity index (χ0) is 35.9. The lowest BCUT2D eigenvalue weighted by atomic mass is 9.78. The Kier molecular flexibility index (Phi) is 9.50. The maximum atomic E-state index is 15.0. The number of anilines is 3. The number of rotatable bonds is 9. The van der Waals surface area contributed by atoms with Crippen molar-refractivity contribution in [1.29, 1.82) is 0 Å². The summed E-state index contributed by atoms with van der Waals surface area (Å²) in [5.74, 6) is -0.311. The largest absolute Gasteiger partial charge is 0.482 e. The van der Waals surface area contributed by atoms with Gasteiger partial charge < -0.3 is 34.2 Å². The van der Waals surface area contributed by atoms with Crippen LogP contribution in [0, 0.1) is 5.92 Å². The molecule has 1 N–H and O–H groups in total. The minimum atomic E-state index is -0.672. The van der Waals surface area contributed by atoms with E-state index in [0.717, 1.165) is 40.8 Å². The van der Waals surface area contributed by atoms with Crippen LogP contribution in [0.15, 0.2) is 60.7 Å². The lowest BCUT2D eigenvalue weighted by molar-refractivity contribution is -0.125. The van der Waals surface area contributed by atoms with Gasteiger partial charge in [0.25, 0.3) is 5.91 Å². The third-order valence-corrected chi connectivity index (χ3v) is 10.0. The molecule has 7 rings (SSSR count). The highest BCUT2D eigenvalue weighted by molar-refractivity contribution is 6.02. The summed E-state index contributed by atoms with van der Waals surface area (Å²) in [6.45, 7) is 7.16. The number of carbonyl (C=O) groups is 4. The Balaban J connectivity index is 1.22. The first-order valence-electron chi connectivity index (χ1n) is 17.9. The second-order valence-electron chi connectivity index (χ2n) is 14.9. The topological polar surface area (TPSA) is 118 Å². The van der Waals surface area contributed by atoms with Gasteiger partial charge in [-0.3, -0.25) is 14.4 Å². The van der Waals surface area contributed by atoms with Crippen LogP contribution in [0.3, 0.4) is 0 Å². The number of carbonyl (C=O) groups excluding carboxylic acids is 4. The molecule has 11 heteroatoms. The van der Waals surface area contributed by atoms with Crippen molar-refractivity contribution in [2.75, 3.05) is 55.1 Å². The number of ether oxygens (including phenoxy) is 3. The number of methoxy groups -OCH3 is 1. The fourth-order valence-corrected chi connectivity index (χ4v) is 7.42. The van der Waals surface area contributed by atoms with Crippen molar-refractivity contribution in [1.82, 2.24) is 4.90 Å². The smallest absolute Gasteiger partial charge is 0.410 e. The first-order valence-corrected chi connectivity index (χ1v) is 17.9. The van der Waals surface area contributed by atoms with Crippen molar-refractivity contribution >= 4 is 40.9 Å². The third-order valence-electron chi connectivity index (χ3n) is 10.0. The SMILES string of the molecule is COCCCN1C(=O)COc2ccc(N(C(=O)[C@H]3CN(C(=O)OC(C)(C)C)CC[C@@H]3c3cccc(-c4ccc5c(c4)NC(=O)C5)c3)C3CC3)cc21. The molecule has 268 valence electrons. The van der Waals surface area contributed by atoms with Crippen LogP contribution >= 0.6 is 0 Å². The molecule has 2 atom stereocenters. The van der Waals surface area contributed by atoms with Gasteiger partial charge in [-0.15, -0.1) is 0 Å². The Hall–Kier alpha value is -4.90. The average molecular weight is 695 g/mol. The first kappa shape index (κ1) is 34.5. The molecule has 3 aliphatic heterocycles. The van der Waals surface area contributed by atoms with Gasteiger partial charge in [0.05, 0.1) is 18.0 Å². The standard InChI is InChI=1S/C40H46N4O7/c1-40(2,3)51-39(48)42-17-15-31(27-8-5-7-25(19-27)26-9-10-28-21-36(45)41-33(28)20-26)32(23-42)38(47)44(29-11-12-29)30-13-14-35-34(22-30)43(16-6-18-49-4)37(46)24-50-35/h5,7-10,13-14,19-20,22,29,31-32H,6,11-12,15-18,21,23-24H2,1-4H3,(H,41,45)/t31-,32+/m1/s1. The maximum absolute atomic E-state index is 15.0. The Morgan fingerprint density at radius 3 is 2.57 bits per heavy atom. The van der Waals surface area contributed by atoms with E-state index in [1.54, 1.807) is 16.9 Å². The number of fused-ring (bicyclic) bond motifs is 2. The second-order valence-corrected chi connectivity index (χ2v) is 14.9. The summed E-state index contributed by atoms with van der Waals surface area (Å²) in [6.07, 6.45) is 2.94. The summed E-state index contributed by atoms with van der Waals surface area (Å²) < 4.78 is 16.8. The number of benzene rings is 3. The normalized spacial score (nSPS) is 19.9. The van der Waals surface area contributed by atoms with Crippen molar-refractivity contribution < 1.29 is 33.4 Å². The van der Waals surface area contributed by atoms with Crippen LogP contribution in [0.1, 0.15) is 63.5 Å². The average Bonchev–Trinajstić information content (AvgIpc) is 3.87. The summed E-state index contributed by atoms with van der Waals surface area (Å²) in [5.41, 5.74) is 5.48. The number of likely N-dealkylation sites (tertiary alicyclic amines) is 1. The van der Waals surface area contributed by atoms with Crippen molar-refractivity contribution in [3.05, 3.63) is 71.8 Å². The minimum Gasteiger partial charge on any atom is -0.482 e. The van der Waals surface area contributed by atoms with E-state index in [2.05, 4.69) is 17.4 Å². The van der Waals surface area contributed by atoms with Gasteiger partial charge in [0, 0.05) is 50.8 Å². The molecule has 4 amide bonds. The van der Waals surface area contributed by atoms with Crippen LogP contribution in [0.2, 0.25) is 0 Å². The van der Waals surface area contributed by atoms with Gasteiger partial charge in [0.2, 0.25) is 11.8 Å². The summed E-state index contributed by atoms with van der Waals surface area (Å²) in [5, 5.41) is 2.95. The highest BCUT2D eigenvalue weighted by atomic mass is 16.6. The number of piperidine rings is 1. The van der Waals surface area contributed by atoms with Crippen LogP contribution in [-0.4, -0.2) is 80.3 Å². The number of amides is 4. The zero-order valence-electron chi connectivity index (χ0n) is 29.8. The summed E-state index contributed by atoms with van der Waals surface area (Å²) in [4.78, 5) is 58.7. The Labute approximate surface area is 298 Å². The molecule has 11 nitrogen and oxygen atoms in total. The Morgan fingerprint density at radius 2 is 1.80 bits per heavy atom. The molecule has 51 heavy (non-hydrogen) atoms. The number of nitrogens with zero attached hydrogens (tertiary/aromatic N) is 3. The molecule has 3 aromatic rings. The molecular formula is C40H46N4O7. The number of hydrogen-bond donors (Lipinski definition) is 1. The van der Waals surface area contributed by atoms with E-state index < -0.39 is 17.6 Å². The molecule has 2 fully saturated rings. The van der Waals surface area contributed by atoms with Gasteiger partial charge in [-0.05, 0) is 98.9 Å². The van der Waals surface area contributed by atoms with Crippen molar-refractivity contribution in [2.45, 2.75) is 70.4 Å². The van der Waals surface area contributed by atoms with Crippen LogP contribution in [0.25, 0.3) is 11.1 Å². The van der Waals surface area contributed by atoms with Gasteiger partial charge in [-0.2, -0.15) is 0 Å². The van der Waals surface area contributed by atoms with E-state index in [4.69, 9.17) is 14.2 Å².